The number of hydrogen-bond acceptors (Lipinski definition) is 3. The normalized spacial score (nSPS) is 14.9. The van der Waals surface area contributed by atoms with Gasteiger partial charge in [-0.2, -0.15) is 0 Å². The van der Waals surface area contributed by atoms with Crippen LogP contribution in [-0.4, -0.2) is 12.6 Å². The molecule has 0 bridgehead atoms. The molecule has 2 aliphatic carbocycles. The van der Waals surface area contributed by atoms with E-state index >= 15 is 0 Å². The van der Waals surface area contributed by atoms with Crippen molar-refractivity contribution < 1.29 is 31.3 Å². The molecule has 2 fully saturated rings. The van der Waals surface area contributed by atoms with Crippen LogP contribution in [0.5, 0.6) is 11.5 Å². The van der Waals surface area contributed by atoms with Crippen LogP contribution in [0.4, 0.5) is 0 Å². The van der Waals surface area contributed by atoms with Gasteiger partial charge in [0.25, 0.3) is 0 Å². The van der Waals surface area contributed by atoms with Crippen LogP contribution in [0.3, 0.4) is 0 Å². The number of unbranched alkanes of at least 4 members (excludes halogenated alkanes) is 7. The molecule has 2 aliphatic rings. The molecule has 2 saturated carbocycles. The van der Waals surface area contributed by atoms with E-state index in [0.717, 1.165) is 29.9 Å². The smallest absolute Gasteiger partial charge is 0.494 e. The zero-order valence-corrected chi connectivity index (χ0v) is 22.9. The number of rotatable bonds is 13. The van der Waals surface area contributed by atoms with Crippen molar-refractivity contribution in [2.45, 2.75) is 58.3 Å². The third-order valence-corrected chi connectivity index (χ3v) is 5.97. The summed E-state index contributed by atoms with van der Waals surface area (Å²) >= 11 is 0. The van der Waals surface area contributed by atoms with E-state index in [0.29, 0.717) is 11.7 Å². The van der Waals surface area contributed by atoms with E-state index in [1.54, 1.807) is 12.8 Å². The number of benzene rings is 2. The van der Waals surface area contributed by atoms with Crippen LogP contribution in [0.1, 0.15) is 58.3 Å². The van der Waals surface area contributed by atoms with E-state index in [1.807, 2.05) is 81.3 Å². The molecule has 0 N–H and O–H groups in total. The Kier molecular flexibility index (Phi) is 16.4. The summed E-state index contributed by atoms with van der Waals surface area (Å²) < 4.78 is 11.3. The first-order valence-electron chi connectivity index (χ1n) is 13.2. The molecule has 0 unspecified atom stereocenters. The predicted octanol–water partition coefficient (Wildman–Crippen LogP) is 8.20. The van der Waals surface area contributed by atoms with Crippen molar-refractivity contribution in [1.29, 1.82) is 0 Å². The Morgan fingerprint density at radius 2 is 1.05 bits per heavy atom. The van der Waals surface area contributed by atoms with Crippen LogP contribution >= 0.6 is 0 Å². The summed E-state index contributed by atoms with van der Waals surface area (Å²) in [4.78, 5) is 12.0. The van der Waals surface area contributed by atoms with Gasteiger partial charge in [0, 0.05) is 0 Å². The van der Waals surface area contributed by atoms with Crippen LogP contribution in [0.25, 0.3) is 11.1 Å². The van der Waals surface area contributed by atoms with Gasteiger partial charge in [0.2, 0.25) is 0 Å². The molecule has 0 heterocycles. The third-order valence-electron chi connectivity index (χ3n) is 5.97. The standard InChI is InChI=1S/C28H33O3.C5H5.Fe/c1-2-3-4-5-6-7-8-11-22-30-26-18-14-23(15-19-26)24-16-20-27(21-17-24)31-28(29)25-12-9-10-13-25;1-2-4-5-3-1;/h9-10,12-21H,2-8,11,22H2,1H3;1-5H;/q;;+2. The van der Waals surface area contributed by atoms with Gasteiger partial charge in [0.05, 0.1) is 12.5 Å². The van der Waals surface area contributed by atoms with Crippen molar-refractivity contribution in [3.63, 3.8) is 0 Å². The van der Waals surface area contributed by atoms with Gasteiger partial charge in [-0.3, -0.25) is 4.79 Å². The molecule has 10 radical (unpaired) electrons. The summed E-state index contributed by atoms with van der Waals surface area (Å²) in [6.07, 6.45) is 27.6. The number of ether oxygens (including phenoxy) is 2. The molecule has 0 aliphatic heterocycles. The maximum Gasteiger partial charge on any atom is 2.00 e. The van der Waals surface area contributed by atoms with E-state index in [1.165, 1.54) is 44.9 Å². The monoisotopic (exact) mass is 538 g/mol. The van der Waals surface area contributed by atoms with Crippen LogP contribution < -0.4 is 9.47 Å². The second kappa shape index (κ2) is 19.3. The van der Waals surface area contributed by atoms with Crippen LogP contribution in [-0.2, 0) is 21.9 Å². The Morgan fingerprint density at radius 1 is 0.595 bits per heavy atom. The van der Waals surface area contributed by atoms with Crippen molar-refractivity contribution in [3.05, 3.63) is 112 Å². The van der Waals surface area contributed by atoms with Gasteiger partial charge in [-0.15, -0.1) is 0 Å². The molecule has 37 heavy (non-hydrogen) atoms. The molecule has 0 amide bonds. The average Bonchev–Trinajstić information content (AvgIpc) is 3.66. The predicted molar refractivity (Wildman–Crippen MR) is 148 cm³/mol. The maximum atomic E-state index is 12.0. The van der Waals surface area contributed by atoms with Crippen LogP contribution in [0, 0.1) is 63.7 Å². The first-order chi connectivity index (χ1) is 17.8. The fourth-order valence-corrected chi connectivity index (χ4v) is 3.88. The number of hydrogen-bond donors (Lipinski definition) is 0. The molecule has 0 saturated heterocycles. The summed E-state index contributed by atoms with van der Waals surface area (Å²) in [5.74, 6) is 1.68. The molecule has 0 atom stereocenters. The Labute approximate surface area is 236 Å². The molecule has 3 nitrogen and oxygen atoms in total. The van der Waals surface area contributed by atoms with E-state index < -0.39 is 0 Å². The van der Waals surface area contributed by atoms with Gasteiger partial charge < -0.3 is 9.47 Å². The largest absolute Gasteiger partial charge is 2.00 e. The van der Waals surface area contributed by atoms with Gasteiger partial charge in [0.1, 0.15) is 11.5 Å². The molecular weight excluding hydrogens is 500 g/mol. The summed E-state index contributed by atoms with van der Waals surface area (Å²) in [5, 5.41) is 0. The Bertz CT molecular complexity index is 829. The topological polar surface area (TPSA) is 35.5 Å². The van der Waals surface area contributed by atoms with Crippen molar-refractivity contribution in [2.75, 3.05) is 6.61 Å². The Hall–Kier alpha value is -1.77. The molecule has 4 rings (SSSR count). The summed E-state index contributed by atoms with van der Waals surface area (Å²) in [5.41, 5.74) is 2.18. The van der Waals surface area contributed by atoms with Gasteiger partial charge in [-0.05, 0) is 99.6 Å². The first-order valence-corrected chi connectivity index (χ1v) is 13.2. The molecule has 4 heteroatoms. The minimum atomic E-state index is -0.337. The Balaban J connectivity index is 0.000000716. The summed E-state index contributed by atoms with van der Waals surface area (Å²) in [6.45, 7) is 3.03. The quantitative estimate of drug-likeness (QED) is 0.112. The molecule has 194 valence electrons. The van der Waals surface area contributed by atoms with Crippen molar-refractivity contribution in [3.8, 4) is 22.6 Å². The second-order valence-corrected chi connectivity index (χ2v) is 8.90. The molecular formula is C33H38FeO3+2. The van der Waals surface area contributed by atoms with Crippen LogP contribution in [0.2, 0.25) is 0 Å². The first kappa shape index (κ1) is 31.4. The minimum Gasteiger partial charge on any atom is -0.494 e. The van der Waals surface area contributed by atoms with E-state index in [4.69, 9.17) is 9.47 Å². The maximum absolute atomic E-state index is 12.0. The van der Waals surface area contributed by atoms with E-state index in [2.05, 4.69) is 19.1 Å². The zero-order valence-electron chi connectivity index (χ0n) is 21.8. The fraction of sp³-hybridized carbons (Fsp3) is 0.303. The molecule has 2 aromatic carbocycles. The van der Waals surface area contributed by atoms with E-state index in [9.17, 15) is 4.79 Å². The van der Waals surface area contributed by atoms with Crippen LogP contribution in [0.15, 0.2) is 48.5 Å². The van der Waals surface area contributed by atoms with Gasteiger partial charge in [-0.1, -0.05) is 76.1 Å². The molecule has 0 spiro atoms. The van der Waals surface area contributed by atoms with Crippen molar-refractivity contribution in [1.82, 2.24) is 0 Å². The third kappa shape index (κ3) is 12.5. The Morgan fingerprint density at radius 3 is 1.57 bits per heavy atom. The van der Waals surface area contributed by atoms with E-state index in [-0.39, 0.29) is 23.0 Å². The number of esters is 1. The van der Waals surface area contributed by atoms with Crippen molar-refractivity contribution >= 4 is 5.97 Å². The van der Waals surface area contributed by atoms with Gasteiger partial charge in [0.15, 0.2) is 0 Å². The minimum absolute atomic E-state index is 0. The van der Waals surface area contributed by atoms with Crippen molar-refractivity contribution in [2.24, 2.45) is 0 Å². The molecule has 2 aromatic rings. The second-order valence-electron chi connectivity index (χ2n) is 8.90. The summed E-state index contributed by atoms with van der Waals surface area (Å²) in [7, 11) is 0. The SMILES string of the molecule is CCCCCCCCCCOc1ccc(-c2ccc(OC(=O)[C]3[CH][CH][CH][CH]3)cc2)cc1.[CH]1[CH][CH][CH][CH]1.[Fe+2]. The average molecular weight is 539 g/mol. The fourth-order valence-electron chi connectivity index (χ4n) is 3.88. The zero-order chi connectivity index (χ0) is 25.3. The van der Waals surface area contributed by atoms with Gasteiger partial charge in [-0.25, -0.2) is 0 Å². The number of carbonyl (C=O) groups is 1. The molecule has 0 aromatic heterocycles. The van der Waals surface area contributed by atoms with Gasteiger partial charge >= 0.3 is 23.0 Å². The summed E-state index contributed by atoms with van der Waals surface area (Å²) in [6, 6.07) is 15.7. The number of carbonyl (C=O) groups excluding carboxylic acids is 1.